The van der Waals surface area contributed by atoms with Gasteiger partial charge in [-0.3, -0.25) is 14.4 Å². The first-order valence-corrected chi connectivity index (χ1v) is 13.0. The molecular weight excluding hydrogens is 494 g/mol. The zero-order valence-corrected chi connectivity index (χ0v) is 22.1. The molecule has 0 bridgehead atoms. The second-order valence-electron chi connectivity index (χ2n) is 10.8. The first-order valence-electron chi connectivity index (χ1n) is 13.0. The number of carbonyl (C=O) groups is 5. The number of aliphatic carboxylic acids is 1. The molecule has 11 heteroatoms. The van der Waals surface area contributed by atoms with Crippen LogP contribution in [0.1, 0.15) is 58.4 Å². The third-order valence-corrected chi connectivity index (χ3v) is 6.73. The van der Waals surface area contributed by atoms with Crippen LogP contribution < -0.4 is 5.73 Å². The largest absolute Gasteiger partial charge is 0.516 e. The quantitative estimate of drug-likeness (QED) is 0.379. The van der Waals surface area contributed by atoms with Crippen molar-refractivity contribution in [3.8, 4) is 0 Å². The molecule has 11 nitrogen and oxygen atoms in total. The van der Waals surface area contributed by atoms with Crippen molar-refractivity contribution in [3.63, 3.8) is 0 Å². The number of esters is 1. The number of benzene rings is 1. The molecule has 208 valence electrons. The Bertz CT molecular complexity index is 1040. The van der Waals surface area contributed by atoms with E-state index in [4.69, 9.17) is 15.2 Å². The van der Waals surface area contributed by atoms with Crippen LogP contribution in [0.25, 0.3) is 0 Å². The van der Waals surface area contributed by atoms with Gasteiger partial charge in [-0.15, -0.1) is 0 Å². The molecule has 2 heterocycles. The van der Waals surface area contributed by atoms with Crippen LogP contribution in [0.4, 0.5) is 4.79 Å². The van der Waals surface area contributed by atoms with E-state index in [9.17, 15) is 29.1 Å². The summed E-state index contributed by atoms with van der Waals surface area (Å²) in [6, 6.07) is 6.23. The van der Waals surface area contributed by atoms with Crippen molar-refractivity contribution in [2.45, 2.75) is 83.0 Å². The summed E-state index contributed by atoms with van der Waals surface area (Å²) in [4.78, 5) is 65.9. The average molecular weight is 532 g/mol. The van der Waals surface area contributed by atoms with E-state index in [2.05, 4.69) is 0 Å². The van der Waals surface area contributed by atoms with Crippen molar-refractivity contribution >= 4 is 29.9 Å². The summed E-state index contributed by atoms with van der Waals surface area (Å²) in [5.74, 6) is -3.69. The van der Waals surface area contributed by atoms with Crippen LogP contribution in [-0.4, -0.2) is 81.6 Å². The Kier molecular flexibility index (Phi) is 9.48. The molecule has 0 saturated carbocycles. The third kappa shape index (κ3) is 7.53. The summed E-state index contributed by atoms with van der Waals surface area (Å²) in [6.07, 6.45) is 0.862. The van der Waals surface area contributed by atoms with Gasteiger partial charge in [0, 0.05) is 13.1 Å². The molecule has 2 amide bonds. The zero-order valence-electron chi connectivity index (χ0n) is 22.1. The third-order valence-electron chi connectivity index (χ3n) is 6.73. The number of nitrogens with zero attached hydrogens (tertiary/aromatic N) is 2. The first-order chi connectivity index (χ1) is 17.9. The second-order valence-corrected chi connectivity index (χ2v) is 10.8. The van der Waals surface area contributed by atoms with Gasteiger partial charge in [0.2, 0.25) is 11.8 Å². The maximum absolute atomic E-state index is 13.5. The van der Waals surface area contributed by atoms with E-state index in [1.165, 1.54) is 9.80 Å². The minimum Gasteiger partial charge on any atom is -0.481 e. The minimum absolute atomic E-state index is 0.0744. The molecule has 2 fully saturated rings. The van der Waals surface area contributed by atoms with Crippen molar-refractivity contribution in [2.75, 3.05) is 13.1 Å². The van der Waals surface area contributed by atoms with Gasteiger partial charge in [-0.05, 0) is 64.9 Å². The Morgan fingerprint density at radius 1 is 1.00 bits per heavy atom. The molecule has 0 radical (unpaired) electrons. The number of hydrogen-bond acceptors (Lipinski definition) is 8. The molecule has 4 atom stereocenters. The number of rotatable bonds is 8. The van der Waals surface area contributed by atoms with Gasteiger partial charge in [-0.25, -0.2) is 9.59 Å². The highest BCUT2D eigenvalue weighted by atomic mass is 16.7. The minimum atomic E-state index is -1.13. The van der Waals surface area contributed by atoms with Gasteiger partial charge < -0.3 is 30.1 Å². The Balaban J connectivity index is 1.64. The molecule has 1 aromatic carbocycles. The fourth-order valence-electron chi connectivity index (χ4n) is 4.97. The molecule has 2 aliphatic heterocycles. The fourth-order valence-corrected chi connectivity index (χ4v) is 4.97. The van der Waals surface area contributed by atoms with Crippen LogP contribution in [0.2, 0.25) is 0 Å². The number of likely N-dealkylation sites (tertiary alicyclic amines) is 2. The lowest BCUT2D eigenvalue weighted by Crippen LogP contribution is -2.54. The van der Waals surface area contributed by atoms with Crippen molar-refractivity contribution in [1.29, 1.82) is 0 Å². The van der Waals surface area contributed by atoms with Gasteiger partial charge in [0.05, 0.1) is 12.0 Å². The van der Waals surface area contributed by atoms with Crippen LogP contribution in [0.15, 0.2) is 30.3 Å². The highest BCUT2D eigenvalue weighted by Crippen LogP contribution is 2.27. The lowest BCUT2D eigenvalue weighted by Gasteiger charge is -2.32. The number of carbonyl (C=O) groups excluding carboxylic acids is 4. The van der Waals surface area contributed by atoms with E-state index in [1.54, 1.807) is 20.8 Å². The predicted molar refractivity (Wildman–Crippen MR) is 136 cm³/mol. The van der Waals surface area contributed by atoms with Gasteiger partial charge >= 0.3 is 18.1 Å². The normalized spacial score (nSPS) is 21.1. The highest BCUT2D eigenvalue weighted by Gasteiger charge is 2.44. The number of nitrogens with two attached hydrogens (primary N) is 1. The van der Waals surface area contributed by atoms with Gasteiger partial charge in [0.15, 0.2) is 0 Å². The van der Waals surface area contributed by atoms with Crippen LogP contribution in [0.3, 0.4) is 0 Å². The molecule has 38 heavy (non-hydrogen) atoms. The second kappa shape index (κ2) is 12.4. The van der Waals surface area contributed by atoms with E-state index < -0.39 is 59.6 Å². The van der Waals surface area contributed by atoms with E-state index in [0.29, 0.717) is 32.2 Å². The van der Waals surface area contributed by atoms with E-state index in [0.717, 1.165) is 5.56 Å². The Labute approximate surface area is 222 Å². The molecule has 3 rings (SSSR count). The van der Waals surface area contributed by atoms with Crippen LogP contribution in [0.5, 0.6) is 0 Å². The first kappa shape index (κ1) is 29.1. The molecule has 0 aromatic heterocycles. The Morgan fingerprint density at radius 3 is 2.21 bits per heavy atom. The summed E-state index contributed by atoms with van der Waals surface area (Å²) in [5, 5.41) is 9.70. The summed E-state index contributed by atoms with van der Waals surface area (Å²) >= 11 is 0. The predicted octanol–water partition coefficient (Wildman–Crippen LogP) is 2.11. The van der Waals surface area contributed by atoms with Crippen molar-refractivity contribution < 1.29 is 38.6 Å². The van der Waals surface area contributed by atoms with Crippen LogP contribution >= 0.6 is 0 Å². The Hall–Kier alpha value is -3.47. The van der Waals surface area contributed by atoms with E-state index in [1.807, 2.05) is 30.3 Å². The molecular formula is C27H37N3O8. The topological polar surface area (TPSA) is 157 Å². The standard InChI is InChI=1S/C27H37N3O8/c1-27(2,3)38-26(36)37-25(35)21-12-8-14-30(21)23(32)20-11-7-13-29(20)22(31)19(28)16-18(24(33)34)15-17-9-5-4-6-10-17/h4-6,9-10,18-21H,7-8,11-16,28H2,1-3H3,(H,33,34)/t18?,19-,20-,21-/m0/s1. The van der Waals surface area contributed by atoms with E-state index in [-0.39, 0.29) is 19.4 Å². The Morgan fingerprint density at radius 2 is 1.61 bits per heavy atom. The molecule has 0 aliphatic carbocycles. The smallest absolute Gasteiger partial charge is 0.481 e. The lowest BCUT2D eigenvalue weighted by atomic mass is 9.92. The average Bonchev–Trinajstić information content (AvgIpc) is 3.52. The molecule has 3 N–H and O–H groups in total. The van der Waals surface area contributed by atoms with Crippen molar-refractivity contribution in [1.82, 2.24) is 9.80 Å². The van der Waals surface area contributed by atoms with Crippen LogP contribution in [-0.2, 0) is 35.1 Å². The molecule has 0 spiro atoms. The van der Waals surface area contributed by atoms with Gasteiger partial charge in [-0.1, -0.05) is 30.3 Å². The highest BCUT2D eigenvalue weighted by molar-refractivity contribution is 5.94. The van der Waals surface area contributed by atoms with Crippen molar-refractivity contribution in [2.24, 2.45) is 11.7 Å². The van der Waals surface area contributed by atoms with Gasteiger partial charge in [0.1, 0.15) is 17.7 Å². The monoisotopic (exact) mass is 531 g/mol. The number of amides is 2. The van der Waals surface area contributed by atoms with Gasteiger partial charge in [-0.2, -0.15) is 0 Å². The molecule has 2 saturated heterocycles. The molecule has 2 aliphatic rings. The SMILES string of the molecule is CC(C)(C)OC(=O)OC(=O)[C@@H]1CCCN1C(=O)[C@@H]1CCCN1C(=O)[C@@H](N)CC(Cc1ccccc1)C(=O)O. The summed E-state index contributed by atoms with van der Waals surface area (Å²) in [7, 11) is 0. The van der Waals surface area contributed by atoms with Crippen LogP contribution in [0, 0.1) is 5.92 Å². The maximum Gasteiger partial charge on any atom is 0.516 e. The van der Waals surface area contributed by atoms with Crippen molar-refractivity contribution in [3.05, 3.63) is 35.9 Å². The number of ether oxygens (including phenoxy) is 2. The summed E-state index contributed by atoms with van der Waals surface area (Å²) < 4.78 is 9.86. The fraction of sp³-hybridized carbons (Fsp3) is 0.593. The number of carboxylic acids is 1. The number of carboxylic acid groups (broad SMARTS) is 1. The summed E-state index contributed by atoms with van der Waals surface area (Å²) in [6.45, 7) is 5.51. The molecule has 1 unspecified atom stereocenters. The van der Waals surface area contributed by atoms with E-state index >= 15 is 0 Å². The lowest BCUT2D eigenvalue weighted by molar-refractivity contribution is -0.154. The van der Waals surface area contributed by atoms with Gasteiger partial charge in [0.25, 0.3) is 0 Å². The summed E-state index contributed by atoms with van der Waals surface area (Å²) in [5.41, 5.74) is 6.17. The zero-order chi connectivity index (χ0) is 28.0. The number of hydrogen-bond donors (Lipinski definition) is 2. The maximum atomic E-state index is 13.5. The molecule has 1 aromatic rings.